The molecule has 0 aromatic heterocycles. The summed E-state index contributed by atoms with van der Waals surface area (Å²) in [6, 6.07) is 4.70. The van der Waals surface area contributed by atoms with Crippen molar-refractivity contribution >= 4 is 33.2 Å². The third kappa shape index (κ3) is 4.61. The average molecular weight is 323 g/mol. The summed E-state index contributed by atoms with van der Waals surface area (Å²) in [5, 5.41) is 0.760. The number of sulfonamides is 1. The Morgan fingerprint density at radius 3 is 2.58 bits per heavy atom. The lowest BCUT2D eigenvalue weighted by atomic mass is 10.2. The van der Waals surface area contributed by atoms with Gasteiger partial charge in [-0.3, -0.25) is 0 Å². The van der Waals surface area contributed by atoms with Crippen molar-refractivity contribution in [3.8, 4) is 0 Å². The first-order valence-electron chi connectivity index (χ1n) is 6.04. The van der Waals surface area contributed by atoms with Crippen molar-refractivity contribution in [2.45, 2.75) is 24.6 Å². The summed E-state index contributed by atoms with van der Waals surface area (Å²) in [7, 11) is -3.40. The van der Waals surface area contributed by atoms with Gasteiger partial charge in [-0.15, -0.1) is 0 Å². The highest BCUT2D eigenvalue weighted by Gasteiger charge is 2.29. The number of nitrogens with two attached hydrogens (primary N) is 1. The first-order valence-corrected chi connectivity index (χ1v) is 8.45. The van der Waals surface area contributed by atoms with E-state index in [0.29, 0.717) is 21.5 Å². The van der Waals surface area contributed by atoms with Crippen LogP contribution in [0.3, 0.4) is 0 Å². The molecule has 0 amide bonds. The van der Waals surface area contributed by atoms with Crippen molar-refractivity contribution in [1.29, 1.82) is 0 Å². The van der Waals surface area contributed by atoms with E-state index >= 15 is 0 Å². The van der Waals surface area contributed by atoms with Crippen molar-refractivity contribution in [2.24, 2.45) is 11.7 Å². The van der Waals surface area contributed by atoms with Crippen molar-refractivity contribution in [2.75, 3.05) is 6.54 Å². The van der Waals surface area contributed by atoms with Crippen LogP contribution in [0.1, 0.15) is 18.4 Å². The summed E-state index contributed by atoms with van der Waals surface area (Å²) >= 11 is 11.6. The lowest BCUT2D eigenvalue weighted by molar-refractivity contribution is 0.547. The van der Waals surface area contributed by atoms with Crippen molar-refractivity contribution in [3.63, 3.8) is 0 Å². The molecule has 1 aliphatic rings. The van der Waals surface area contributed by atoms with Gasteiger partial charge in [0.15, 0.2) is 0 Å². The molecule has 4 nitrogen and oxygen atoms in total. The quantitative estimate of drug-likeness (QED) is 0.842. The summed E-state index contributed by atoms with van der Waals surface area (Å²) in [5.74, 6) is 0.342. The molecule has 1 atom stereocenters. The summed E-state index contributed by atoms with van der Waals surface area (Å²) in [6.45, 7) is 0.286. The van der Waals surface area contributed by atoms with E-state index in [2.05, 4.69) is 4.72 Å². The highest BCUT2D eigenvalue weighted by atomic mass is 35.5. The van der Waals surface area contributed by atoms with Crippen molar-refractivity contribution in [3.05, 3.63) is 33.8 Å². The van der Waals surface area contributed by atoms with Crippen LogP contribution < -0.4 is 10.5 Å². The van der Waals surface area contributed by atoms with E-state index < -0.39 is 10.0 Å². The van der Waals surface area contributed by atoms with Crippen LogP contribution in [0.25, 0.3) is 0 Å². The maximum atomic E-state index is 11.9. The van der Waals surface area contributed by atoms with Crippen molar-refractivity contribution in [1.82, 2.24) is 4.72 Å². The van der Waals surface area contributed by atoms with E-state index in [4.69, 9.17) is 28.9 Å². The Bertz CT molecular complexity index is 559. The maximum absolute atomic E-state index is 11.9. The number of halogens is 2. The summed E-state index contributed by atoms with van der Waals surface area (Å²) < 4.78 is 26.3. The van der Waals surface area contributed by atoms with Gasteiger partial charge in [0.2, 0.25) is 10.0 Å². The highest BCUT2D eigenvalue weighted by molar-refractivity contribution is 7.88. The Morgan fingerprint density at radius 2 is 2.00 bits per heavy atom. The predicted octanol–water partition coefficient (Wildman–Crippen LogP) is 2.15. The predicted molar refractivity (Wildman–Crippen MR) is 77.8 cm³/mol. The van der Waals surface area contributed by atoms with Crippen LogP contribution >= 0.6 is 23.2 Å². The third-order valence-electron chi connectivity index (χ3n) is 3.11. The lowest BCUT2D eigenvalue weighted by Gasteiger charge is -2.12. The molecule has 1 aliphatic carbocycles. The Morgan fingerprint density at radius 1 is 1.32 bits per heavy atom. The smallest absolute Gasteiger partial charge is 0.215 e. The zero-order valence-corrected chi connectivity index (χ0v) is 12.6. The zero-order valence-electron chi connectivity index (χ0n) is 10.3. The standard InChI is InChI=1S/C12H16Cl2N2O2S/c13-10-4-1-8(5-11(10)14)7-19(17,18)16-6-12(15)9-2-3-9/h1,4-5,9,12,16H,2-3,6-7,15H2. The molecule has 1 unspecified atom stereocenters. The minimum Gasteiger partial charge on any atom is -0.326 e. The minimum absolute atomic E-state index is 0.0939. The Balaban J connectivity index is 1.93. The second kappa shape index (κ2) is 5.97. The van der Waals surface area contributed by atoms with E-state index in [-0.39, 0.29) is 18.3 Å². The fourth-order valence-corrected chi connectivity index (χ4v) is 3.30. The van der Waals surface area contributed by atoms with E-state index in [1.54, 1.807) is 18.2 Å². The monoisotopic (exact) mass is 322 g/mol. The van der Waals surface area contributed by atoms with Crippen LogP contribution in [0.2, 0.25) is 10.0 Å². The van der Waals surface area contributed by atoms with Gasteiger partial charge in [0.1, 0.15) is 0 Å². The molecule has 0 heterocycles. The number of benzene rings is 1. The molecular weight excluding hydrogens is 307 g/mol. The molecule has 0 radical (unpaired) electrons. The average Bonchev–Trinajstić information content (AvgIpc) is 3.15. The fourth-order valence-electron chi connectivity index (χ4n) is 1.81. The molecule has 1 aromatic carbocycles. The normalized spacial score (nSPS) is 17.4. The Hall–Kier alpha value is -0.330. The van der Waals surface area contributed by atoms with Gasteiger partial charge in [0.05, 0.1) is 15.8 Å². The van der Waals surface area contributed by atoms with Gasteiger partial charge in [-0.25, -0.2) is 13.1 Å². The van der Waals surface area contributed by atoms with Crippen LogP contribution in [0.15, 0.2) is 18.2 Å². The number of hydrogen-bond donors (Lipinski definition) is 2. The molecular formula is C12H16Cl2N2O2S. The molecule has 19 heavy (non-hydrogen) atoms. The van der Waals surface area contributed by atoms with E-state index in [1.165, 1.54) is 0 Å². The van der Waals surface area contributed by atoms with Crippen LogP contribution in [0, 0.1) is 5.92 Å². The molecule has 3 N–H and O–H groups in total. The van der Waals surface area contributed by atoms with E-state index in [1.807, 2.05) is 0 Å². The van der Waals surface area contributed by atoms with Gasteiger partial charge in [-0.1, -0.05) is 29.3 Å². The fraction of sp³-hybridized carbons (Fsp3) is 0.500. The largest absolute Gasteiger partial charge is 0.326 e. The van der Waals surface area contributed by atoms with Crippen molar-refractivity contribution < 1.29 is 8.42 Å². The molecule has 7 heteroatoms. The van der Waals surface area contributed by atoms with Crippen LogP contribution in [0.4, 0.5) is 0 Å². The third-order valence-corrected chi connectivity index (χ3v) is 5.17. The molecule has 0 bridgehead atoms. The SMILES string of the molecule is NC(CNS(=O)(=O)Cc1ccc(Cl)c(Cl)c1)C1CC1. The van der Waals surface area contributed by atoms with Gasteiger partial charge >= 0.3 is 0 Å². The van der Waals surface area contributed by atoms with Crippen LogP contribution in [0.5, 0.6) is 0 Å². The zero-order chi connectivity index (χ0) is 14.0. The number of rotatable bonds is 6. The first kappa shape index (κ1) is 15.1. The minimum atomic E-state index is -3.40. The van der Waals surface area contributed by atoms with Crippen LogP contribution in [-0.4, -0.2) is 21.0 Å². The second-order valence-electron chi connectivity index (χ2n) is 4.86. The molecule has 2 rings (SSSR count). The van der Waals surface area contributed by atoms with E-state index in [9.17, 15) is 8.42 Å². The first-order chi connectivity index (χ1) is 8.87. The highest BCUT2D eigenvalue weighted by Crippen LogP contribution is 2.31. The molecule has 1 aromatic rings. The molecule has 1 fully saturated rings. The molecule has 1 saturated carbocycles. The Labute approximate surface area is 123 Å². The number of nitrogens with one attached hydrogen (secondary N) is 1. The Kier molecular flexibility index (Phi) is 4.74. The van der Waals surface area contributed by atoms with Gasteiger partial charge in [-0.05, 0) is 36.5 Å². The summed E-state index contributed by atoms with van der Waals surface area (Å²) in [4.78, 5) is 0. The maximum Gasteiger partial charge on any atom is 0.215 e. The van der Waals surface area contributed by atoms with Gasteiger partial charge < -0.3 is 5.73 Å². The van der Waals surface area contributed by atoms with Gasteiger partial charge in [0.25, 0.3) is 0 Å². The second-order valence-corrected chi connectivity index (χ2v) is 7.48. The van der Waals surface area contributed by atoms with Crippen LogP contribution in [-0.2, 0) is 15.8 Å². The summed E-state index contributed by atoms with van der Waals surface area (Å²) in [6.07, 6.45) is 2.19. The lowest BCUT2D eigenvalue weighted by Crippen LogP contribution is -2.39. The molecule has 0 spiro atoms. The molecule has 0 saturated heterocycles. The van der Waals surface area contributed by atoms with Gasteiger partial charge in [0, 0.05) is 12.6 Å². The topological polar surface area (TPSA) is 72.2 Å². The summed E-state index contributed by atoms with van der Waals surface area (Å²) in [5.41, 5.74) is 6.46. The molecule has 0 aliphatic heterocycles. The molecule has 106 valence electrons. The van der Waals surface area contributed by atoms with E-state index in [0.717, 1.165) is 12.8 Å². The number of hydrogen-bond acceptors (Lipinski definition) is 3. The van der Waals surface area contributed by atoms with Gasteiger partial charge in [-0.2, -0.15) is 0 Å².